The van der Waals surface area contributed by atoms with Crippen molar-refractivity contribution in [2.75, 3.05) is 26.6 Å². The van der Waals surface area contributed by atoms with Gasteiger partial charge in [-0.2, -0.15) is 13.2 Å². The standard InChI is InChI=1S/C19H24O9.C6H5F3O3/c1-7-11(13-9-25-19(5,6)28-13)15(21)17(23)26-16(22)14(20)10(2)12-8-24-18(3,4)27-12;7-6(8,9)5(10)1-4-2-11-3-12-4/h7-9H2,1-6H3;1H,2-3H2. The Bertz CT molecular complexity index is 1150. The van der Waals surface area contributed by atoms with Crippen molar-refractivity contribution in [3.8, 4) is 0 Å². The van der Waals surface area contributed by atoms with Crippen molar-refractivity contribution < 1.29 is 70.3 Å². The van der Waals surface area contributed by atoms with Gasteiger partial charge in [-0.15, -0.1) is 0 Å². The first-order chi connectivity index (χ1) is 18.4. The molecule has 0 aromatic carbocycles. The number of ether oxygens (including phenoxy) is 7. The molecule has 0 atom stereocenters. The highest BCUT2D eigenvalue weighted by molar-refractivity contribution is 6.48. The molecule has 0 saturated carbocycles. The van der Waals surface area contributed by atoms with Crippen LogP contribution in [-0.2, 0) is 57.1 Å². The van der Waals surface area contributed by atoms with Gasteiger partial charge in [0.2, 0.25) is 11.6 Å². The largest absolute Gasteiger partial charge is 0.469 e. The highest BCUT2D eigenvalue weighted by Crippen LogP contribution is 2.29. The van der Waals surface area contributed by atoms with Crippen LogP contribution in [0.2, 0.25) is 0 Å². The lowest BCUT2D eigenvalue weighted by molar-refractivity contribution is -0.166. The number of esters is 2. The lowest BCUT2D eigenvalue weighted by atomic mass is 10.1. The molecule has 0 aliphatic carbocycles. The summed E-state index contributed by atoms with van der Waals surface area (Å²) in [7, 11) is 0. The van der Waals surface area contributed by atoms with Crippen LogP contribution in [0.5, 0.6) is 0 Å². The fourth-order valence-electron chi connectivity index (χ4n) is 3.20. The second kappa shape index (κ2) is 12.7. The Labute approximate surface area is 227 Å². The fourth-order valence-corrected chi connectivity index (χ4v) is 3.20. The van der Waals surface area contributed by atoms with Gasteiger partial charge in [-0.1, -0.05) is 6.92 Å². The Morgan fingerprint density at radius 1 is 0.875 bits per heavy atom. The molecule has 3 rings (SSSR count). The summed E-state index contributed by atoms with van der Waals surface area (Å²) >= 11 is 0. The molecule has 0 aromatic heterocycles. The average Bonchev–Trinajstić information content (AvgIpc) is 3.58. The summed E-state index contributed by atoms with van der Waals surface area (Å²) in [4.78, 5) is 58.9. The maximum atomic E-state index is 12.4. The van der Waals surface area contributed by atoms with E-state index < -0.39 is 47.0 Å². The molecule has 3 heterocycles. The molecule has 3 saturated heterocycles. The predicted octanol–water partition coefficient (Wildman–Crippen LogP) is 2.70. The molecule has 0 unspecified atom stereocenters. The quantitative estimate of drug-likeness (QED) is 0.197. The normalized spacial score (nSPS) is 22.7. The Morgan fingerprint density at radius 2 is 1.40 bits per heavy atom. The summed E-state index contributed by atoms with van der Waals surface area (Å²) < 4.78 is 70.0. The molecule has 0 bridgehead atoms. The lowest BCUT2D eigenvalue weighted by Crippen LogP contribution is -2.29. The first-order valence-corrected chi connectivity index (χ1v) is 11.8. The summed E-state index contributed by atoms with van der Waals surface area (Å²) in [5.41, 5.74) is -0.0284. The van der Waals surface area contributed by atoms with Crippen molar-refractivity contribution in [2.45, 2.75) is 65.7 Å². The van der Waals surface area contributed by atoms with E-state index in [2.05, 4.69) is 14.2 Å². The third-order valence-corrected chi connectivity index (χ3v) is 5.26. The second-order valence-electron chi connectivity index (χ2n) is 9.30. The van der Waals surface area contributed by atoms with Crippen LogP contribution < -0.4 is 0 Å². The zero-order chi connectivity index (χ0) is 30.5. The summed E-state index contributed by atoms with van der Waals surface area (Å²) in [6, 6.07) is 0. The minimum absolute atomic E-state index is 0.00390. The molecule has 40 heavy (non-hydrogen) atoms. The highest BCUT2D eigenvalue weighted by atomic mass is 19.4. The number of rotatable bonds is 6. The molecule has 0 N–H and O–H groups in total. The Morgan fingerprint density at radius 3 is 1.82 bits per heavy atom. The Hall–Kier alpha value is -3.56. The van der Waals surface area contributed by atoms with E-state index in [4.69, 9.17) is 18.9 Å². The lowest BCUT2D eigenvalue weighted by Gasteiger charge is -2.16. The van der Waals surface area contributed by atoms with Gasteiger partial charge in [0, 0.05) is 44.9 Å². The van der Waals surface area contributed by atoms with E-state index in [9.17, 15) is 37.1 Å². The van der Waals surface area contributed by atoms with Crippen LogP contribution >= 0.6 is 0 Å². The minimum Gasteiger partial charge on any atom is -0.469 e. The summed E-state index contributed by atoms with van der Waals surface area (Å²) in [5.74, 6) is -8.58. The van der Waals surface area contributed by atoms with Gasteiger partial charge in [-0.3, -0.25) is 14.4 Å². The van der Waals surface area contributed by atoms with E-state index in [0.717, 1.165) is 0 Å². The molecule has 222 valence electrons. The van der Waals surface area contributed by atoms with Crippen molar-refractivity contribution in [1.29, 1.82) is 0 Å². The SMILES string of the molecule is CCC(C(=O)C(=O)OC(=O)C(=O)C(C)=C1COC(C)(C)O1)=C1COC(C)(C)O1.O=C(C=C1COCO1)C(F)(F)F. The molecule has 12 nitrogen and oxygen atoms in total. The highest BCUT2D eigenvalue weighted by Gasteiger charge is 2.38. The van der Waals surface area contributed by atoms with Crippen LogP contribution in [0.4, 0.5) is 13.2 Å². The molecule has 15 heteroatoms. The minimum atomic E-state index is -4.83. The van der Waals surface area contributed by atoms with Gasteiger partial charge in [0.25, 0.3) is 17.3 Å². The third kappa shape index (κ3) is 8.99. The maximum absolute atomic E-state index is 12.4. The van der Waals surface area contributed by atoms with Crippen molar-refractivity contribution in [2.24, 2.45) is 0 Å². The van der Waals surface area contributed by atoms with Gasteiger partial charge >= 0.3 is 18.1 Å². The van der Waals surface area contributed by atoms with Gasteiger partial charge in [-0.05, 0) is 13.3 Å². The van der Waals surface area contributed by atoms with E-state index in [0.29, 0.717) is 6.08 Å². The predicted molar refractivity (Wildman–Crippen MR) is 124 cm³/mol. The van der Waals surface area contributed by atoms with E-state index in [1.807, 2.05) is 0 Å². The number of hydrogen-bond donors (Lipinski definition) is 0. The Kier molecular flexibility index (Phi) is 10.4. The second-order valence-corrected chi connectivity index (χ2v) is 9.30. The molecule has 0 spiro atoms. The van der Waals surface area contributed by atoms with E-state index in [-0.39, 0.29) is 61.5 Å². The van der Waals surface area contributed by atoms with Crippen molar-refractivity contribution in [3.63, 3.8) is 0 Å². The fraction of sp³-hybridized carbons (Fsp3) is 0.560. The number of carbonyl (C=O) groups excluding carboxylic acids is 5. The molecule has 0 radical (unpaired) electrons. The number of hydrogen-bond acceptors (Lipinski definition) is 12. The van der Waals surface area contributed by atoms with Crippen LogP contribution in [0.3, 0.4) is 0 Å². The molecule has 0 amide bonds. The molecule has 3 fully saturated rings. The van der Waals surface area contributed by atoms with E-state index in [1.165, 1.54) is 6.92 Å². The smallest absolute Gasteiger partial charge is 0.454 e. The zero-order valence-corrected chi connectivity index (χ0v) is 22.6. The van der Waals surface area contributed by atoms with Gasteiger partial charge in [-0.25, -0.2) is 9.59 Å². The summed E-state index contributed by atoms with van der Waals surface area (Å²) in [6.07, 6.45) is -4.28. The van der Waals surface area contributed by atoms with Crippen LogP contribution in [0.25, 0.3) is 0 Å². The van der Waals surface area contributed by atoms with Crippen LogP contribution in [0.1, 0.15) is 48.0 Å². The van der Waals surface area contributed by atoms with Gasteiger partial charge in [0.1, 0.15) is 37.1 Å². The zero-order valence-electron chi connectivity index (χ0n) is 22.6. The Balaban J connectivity index is 0.000000389. The molecule has 3 aliphatic heterocycles. The maximum Gasteiger partial charge on any atom is 0.454 e. The van der Waals surface area contributed by atoms with Crippen LogP contribution in [-0.4, -0.2) is 73.7 Å². The summed E-state index contributed by atoms with van der Waals surface area (Å²) in [6.45, 7) is 9.44. The topological polar surface area (TPSA) is 150 Å². The van der Waals surface area contributed by atoms with Gasteiger partial charge < -0.3 is 33.2 Å². The van der Waals surface area contributed by atoms with Gasteiger partial charge in [0.15, 0.2) is 6.79 Å². The molecular formula is C25H29F3O12. The first kappa shape index (κ1) is 32.7. The van der Waals surface area contributed by atoms with E-state index in [1.54, 1.807) is 34.6 Å². The van der Waals surface area contributed by atoms with Gasteiger partial charge in [0.05, 0.1) is 0 Å². The van der Waals surface area contributed by atoms with Crippen molar-refractivity contribution >= 4 is 29.3 Å². The number of alkyl halides is 3. The number of halogens is 3. The van der Waals surface area contributed by atoms with Crippen LogP contribution in [0.15, 0.2) is 34.5 Å². The average molecular weight is 578 g/mol. The van der Waals surface area contributed by atoms with Crippen LogP contribution in [0, 0.1) is 0 Å². The third-order valence-electron chi connectivity index (χ3n) is 5.26. The molecule has 0 aromatic rings. The number of Topliss-reactive ketones (excluding diaryl/α,β-unsaturated/α-hetero) is 2. The monoisotopic (exact) mass is 578 g/mol. The summed E-state index contributed by atoms with van der Waals surface area (Å²) in [5, 5.41) is 0. The van der Waals surface area contributed by atoms with E-state index >= 15 is 0 Å². The molecular weight excluding hydrogens is 549 g/mol. The number of carbonyl (C=O) groups is 5. The number of ketones is 3. The number of allylic oxidation sites excluding steroid dienone is 1. The first-order valence-electron chi connectivity index (χ1n) is 11.8. The van der Waals surface area contributed by atoms with Crippen molar-refractivity contribution in [3.05, 3.63) is 34.5 Å². The molecule has 3 aliphatic rings. The van der Waals surface area contributed by atoms with Crippen molar-refractivity contribution in [1.82, 2.24) is 0 Å².